The number of hydrogen-bond acceptors (Lipinski definition) is 4. The van der Waals surface area contributed by atoms with Crippen molar-refractivity contribution in [3.05, 3.63) is 30.1 Å². The quantitative estimate of drug-likeness (QED) is 0.856. The molecule has 5 nitrogen and oxygen atoms in total. The largest absolute Gasteiger partial charge is 0.370 e. The van der Waals surface area contributed by atoms with Crippen molar-refractivity contribution < 1.29 is 4.79 Å². The average molecular weight is 284 g/mol. The van der Waals surface area contributed by atoms with Gasteiger partial charge in [-0.25, -0.2) is 4.98 Å². The van der Waals surface area contributed by atoms with Crippen LogP contribution in [-0.2, 0) is 4.79 Å². The van der Waals surface area contributed by atoms with Crippen molar-refractivity contribution in [1.82, 2.24) is 14.9 Å². The molecule has 0 spiro atoms. The predicted molar refractivity (Wildman–Crippen MR) is 83.2 cm³/mol. The SMILES string of the molecule is Cc1nccc2nc(NCCCN3CCCC3=O)ccc12. The van der Waals surface area contributed by atoms with Gasteiger partial charge in [0, 0.05) is 43.3 Å². The molecule has 21 heavy (non-hydrogen) atoms. The van der Waals surface area contributed by atoms with Crippen LogP contribution in [0.3, 0.4) is 0 Å². The third-order valence-electron chi connectivity index (χ3n) is 3.90. The summed E-state index contributed by atoms with van der Waals surface area (Å²) in [6.07, 6.45) is 4.45. The van der Waals surface area contributed by atoms with Crippen LogP contribution in [0.1, 0.15) is 25.0 Å². The fourth-order valence-electron chi connectivity index (χ4n) is 2.72. The average Bonchev–Trinajstić information content (AvgIpc) is 2.89. The highest BCUT2D eigenvalue weighted by molar-refractivity contribution is 5.82. The fourth-order valence-corrected chi connectivity index (χ4v) is 2.72. The second-order valence-electron chi connectivity index (χ2n) is 5.42. The topological polar surface area (TPSA) is 58.1 Å². The first-order valence-corrected chi connectivity index (χ1v) is 7.48. The zero-order chi connectivity index (χ0) is 14.7. The minimum atomic E-state index is 0.293. The van der Waals surface area contributed by atoms with E-state index in [9.17, 15) is 4.79 Å². The summed E-state index contributed by atoms with van der Waals surface area (Å²) in [5.74, 6) is 1.17. The number of pyridine rings is 2. The van der Waals surface area contributed by atoms with Gasteiger partial charge in [-0.2, -0.15) is 0 Å². The summed E-state index contributed by atoms with van der Waals surface area (Å²) >= 11 is 0. The van der Waals surface area contributed by atoms with Crippen molar-refractivity contribution in [2.75, 3.05) is 25.0 Å². The molecule has 0 saturated carbocycles. The lowest BCUT2D eigenvalue weighted by Crippen LogP contribution is -2.27. The molecule has 1 aliphatic rings. The minimum Gasteiger partial charge on any atom is -0.370 e. The van der Waals surface area contributed by atoms with Crippen LogP contribution in [-0.4, -0.2) is 40.4 Å². The molecule has 1 N–H and O–H groups in total. The van der Waals surface area contributed by atoms with E-state index in [-0.39, 0.29) is 0 Å². The zero-order valence-electron chi connectivity index (χ0n) is 12.3. The van der Waals surface area contributed by atoms with E-state index in [1.54, 1.807) is 6.20 Å². The molecule has 0 bridgehead atoms. The van der Waals surface area contributed by atoms with Crippen LogP contribution in [0.2, 0.25) is 0 Å². The predicted octanol–water partition coefficient (Wildman–Crippen LogP) is 2.36. The van der Waals surface area contributed by atoms with Crippen molar-refractivity contribution in [2.45, 2.75) is 26.2 Å². The number of carbonyl (C=O) groups excluding carboxylic acids is 1. The van der Waals surface area contributed by atoms with Crippen molar-refractivity contribution in [3.63, 3.8) is 0 Å². The molecule has 3 rings (SSSR count). The van der Waals surface area contributed by atoms with Crippen LogP contribution in [0.15, 0.2) is 24.4 Å². The van der Waals surface area contributed by atoms with E-state index in [0.29, 0.717) is 12.3 Å². The van der Waals surface area contributed by atoms with Crippen molar-refractivity contribution in [3.8, 4) is 0 Å². The molecule has 1 aliphatic heterocycles. The lowest BCUT2D eigenvalue weighted by atomic mass is 10.2. The van der Waals surface area contributed by atoms with Crippen LogP contribution >= 0.6 is 0 Å². The monoisotopic (exact) mass is 284 g/mol. The Morgan fingerprint density at radius 2 is 2.24 bits per heavy atom. The summed E-state index contributed by atoms with van der Waals surface area (Å²) in [7, 11) is 0. The summed E-state index contributed by atoms with van der Waals surface area (Å²) < 4.78 is 0. The molecule has 1 saturated heterocycles. The summed E-state index contributed by atoms with van der Waals surface area (Å²) in [6, 6.07) is 5.96. The number of amides is 1. The molecule has 5 heteroatoms. The number of anilines is 1. The molecule has 0 radical (unpaired) electrons. The van der Waals surface area contributed by atoms with Gasteiger partial charge in [-0.1, -0.05) is 0 Å². The minimum absolute atomic E-state index is 0.293. The summed E-state index contributed by atoms with van der Waals surface area (Å²) in [6.45, 7) is 4.57. The lowest BCUT2D eigenvalue weighted by Gasteiger charge is -2.15. The Labute approximate surface area is 124 Å². The van der Waals surface area contributed by atoms with Gasteiger partial charge >= 0.3 is 0 Å². The van der Waals surface area contributed by atoms with Crippen molar-refractivity contribution in [1.29, 1.82) is 0 Å². The second-order valence-corrected chi connectivity index (χ2v) is 5.42. The number of likely N-dealkylation sites (tertiary alicyclic amines) is 1. The van der Waals surface area contributed by atoms with E-state index in [0.717, 1.165) is 54.9 Å². The lowest BCUT2D eigenvalue weighted by molar-refractivity contribution is -0.127. The number of nitrogens with one attached hydrogen (secondary N) is 1. The Morgan fingerprint density at radius 1 is 1.33 bits per heavy atom. The summed E-state index contributed by atoms with van der Waals surface area (Å²) in [5, 5.41) is 4.41. The first-order valence-electron chi connectivity index (χ1n) is 7.48. The maximum absolute atomic E-state index is 11.5. The van der Waals surface area contributed by atoms with Crippen LogP contribution in [0.4, 0.5) is 5.82 Å². The number of fused-ring (bicyclic) bond motifs is 1. The first-order chi connectivity index (χ1) is 10.2. The molecular formula is C16H20N4O. The van der Waals surface area contributed by atoms with Crippen LogP contribution in [0.25, 0.3) is 10.9 Å². The zero-order valence-corrected chi connectivity index (χ0v) is 12.3. The second kappa shape index (κ2) is 6.08. The summed E-state index contributed by atoms with van der Waals surface area (Å²) in [5.41, 5.74) is 1.96. The Hall–Kier alpha value is -2.17. The van der Waals surface area contributed by atoms with E-state index in [2.05, 4.69) is 21.4 Å². The van der Waals surface area contributed by atoms with E-state index >= 15 is 0 Å². The van der Waals surface area contributed by atoms with Gasteiger partial charge in [-0.15, -0.1) is 0 Å². The normalized spacial score (nSPS) is 14.9. The number of nitrogens with zero attached hydrogens (tertiary/aromatic N) is 3. The molecule has 2 aromatic rings. The third-order valence-corrected chi connectivity index (χ3v) is 3.90. The maximum Gasteiger partial charge on any atom is 0.222 e. The van der Waals surface area contributed by atoms with Crippen LogP contribution in [0, 0.1) is 6.92 Å². The first kappa shape index (κ1) is 13.8. The van der Waals surface area contributed by atoms with Crippen molar-refractivity contribution in [2.24, 2.45) is 0 Å². The van der Waals surface area contributed by atoms with Gasteiger partial charge in [0.25, 0.3) is 0 Å². The number of aromatic nitrogens is 2. The Kier molecular flexibility index (Phi) is 3.99. The highest BCUT2D eigenvalue weighted by atomic mass is 16.2. The van der Waals surface area contributed by atoms with E-state index in [1.165, 1.54) is 0 Å². The maximum atomic E-state index is 11.5. The van der Waals surface area contributed by atoms with Crippen LogP contribution < -0.4 is 5.32 Å². The van der Waals surface area contributed by atoms with E-state index in [1.807, 2.05) is 24.0 Å². The highest BCUT2D eigenvalue weighted by Gasteiger charge is 2.18. The van der Waals surface area contributed by atoms with Gasteiger partial charge in [0.05, 0.1) is 5.52 Å². The number of rotatable bonds is 5. The van der Waals surface area contributed by atoms with Gasteiger partial charge in [-0.05, 0) is 38.0 Å². The molecule has 0 unspecified atom stereocenters. The smallest absolute Gasteiger partial charge is 0.222 e. The molecule has 110 valence electrons. The molecule has 1 fully saturated rings. The van der Waals surface area contributed by atoms with E-state index < -0.39 is 0 Å². The standard InChI is InChI=1S/C16H20N4O/c1-12-13-5-6-15(19-14(13)7-9-17-12)18-8-3-11-20-10-2-4-16(20)21/h5-7,9H,2-4,8,10-11H2,1H3,(H,18,19). The Balaban J connectivity index is 1.54. The van der Waals surface area contributed by atoms with Crippen molar-refractivity contribution >= 4 is 22.6 Å². The molecular weight excluding hydrogens is 264 g/mol. The number of carbonyl (C=O) groups is 1. The van der Waals surface area contributed by atoms with E-state index in [4.69, 9.17) is 0 Å². The van der Waals surface area contributed by atoms with Gasteiger partial charge in [0.15, 0.2) is 0 Å². The Morgan fingerprint density at radius 3 is 3.05 bits per heavy atom. The molecule has 1 amide bonds. The van der Waals surface area contributed by atoms with Gasteiger partial charge < -0.3 is 10.2 Å². The Bertz CT molecular complexity index is 656. The van der Waals surface area contributed by atoms with Gasteiger partial charge in [0.1, 0.15) is 5.82 Å². The third kappa shape index (κ3) is 3.12. The highest BCUT2D eigenvalue weighted by Crippen LogP contribution is 2.17. The molecule has 0 aliphatic carbocycles. The number of aryl methyl sites for hydroxylation is 1. The molecule has 3 heterocycles. The van der Waals surface area contributed by atoms with Crippen LogP contribution in [0.5, 0.6) is 0 Å². The molecule has 2 aromatic heterocycles. The molecule has 0 aromatic carbocycles. The number of hydrogen-bond donors (Lipinski definition) is 1. The molecule has 0 atom stereocenters. The van der Waals surface area contributed by atoms with Gasteiger partial charge in [-0.3, -0.25) is 9.78 Å². The van der Waals surface area contributed by atoms with Gasteiger partial charge in [0.2, 0.25) is 5.91 Å². The summed E-state index contributed by atoms with van der Waals surface area (Å²) in [4.78, 5) is 22.3. The fraction of sp³-hybridized carbons (Fsp3) is 0.438.